The van der Waals surface area contributed by atoms with Crippen LogP contribution >= 0.6 is 0 Å². The highest BCUT2D eigenvalue weighted by Crippen LogP contribution is 2.26. The highest BCUT2D eigenvalue weighted by atomic mass is 15.1. The van der Waals surface area contributed by atoms with Gasteiger partial charge in [-0.15, -0.1) is 0 Å². The highest BCUT2D eigenvalue weighted by molar-refractivity contribution is 4.83. The zero-order chi connectivity index (χ0) is 10.4. The first kappa shape index (κ1) is 12.0. The largest absolute Gasteiger partial charge is 0.316 e. The standard InChI is InChI=1S/C12H26N2/c1-4-5-9-14(3)11-12(2)7-6-8-13-10-12/h13H,4-11H2,1-3H3. The third kappa shape index (κ3) is 3.97. The molecule has 1 saturated heterocycles. The SMILES string of the molecule is CCCCN(C)CC1(C)CCCNC1. The third-order valence-electron chi connectivity index (χ3n) is 3.23. The van der Waals surface area contributed by atoms with E-state index in [4.69, 9.17) is 0 Å². The summed E-state index contributed by atoms with van der Waals surface area (Å²) in [6.07, 6.45) is 5.37. The van der Waals surface area contributed by atoms with Gasteiger partial charge in [0.15, 0.2) is 0 Å². The van der Waals surface area contributed by atoms with Gasteiger partial charge in [-0.2, -0.15) is 0 Å². The summed E-state index contributed by atoms with van der Waals surface area (Å²) < 4.78 is 0. The Morgan fingerprint density at radius 1 is 1.43 bits per heavy atom. The van der Waals surface area contributed by atoms with E-state index in [0.29, 0.717) is 5.41 Å². The van der Waals surface area contributed by atoms with Gasteiger partial charge in [0.2, 0.25) is 0 Å². The van der Waals surface area contributed by atoms with Gasteiger partial charge in [-0.25, -0.2) is 0 Å². The van der Waals surface area contributed by atoms with Crippen LogP contribution in [0.15, 0.2) is 0 Å². The normalized spacial score (nSPS) is 28.3. The Morgan fingerprint density at radius 3 is 2.79 bits per heavy atom. The molecule has 0 aliphatic carbocycles. The number of hydrogen-bond donors (Lipinski definition) is 1. The predicted molar refractivity (Wildman–Crippen MR) is 62.6 cm³/mol. The van der Waals surface area contributed by atoms with Crippen LogP contribution in [0.1, 0.15) is 39.5 Å². The summed E-state index contributed by atoms with van der Waals surface area (Å²) in [5, 5.41) is 3.51. The average Bonchev–Trinajstić information content (AvgIpc) is 2.15. The second-order valence-electron chi connectivity index (χ2n) is 5.18. The second-order valence-corrected chi connectivity index (χ2v) is 5.18. The Bertz CT molecular complexity index is 150. The molecule has 1 unspecified atom stereocenters. The van der Waals surface area contributed by atoms with Gasteiger partial charge in [0.05, 0.1) is 0 Å². The molecule has 0 aromatic carbocycles. The number of unbranched alkanes of at least 4 members (excludes halogenated alkanes) is 1. The summed E-state index contributed by atoms with van der Waals surface area (Å²) in [7, 11) is 2.26. The van der Waals surface area contributed by atoms with Crippen LogP contribution in [0.3, 0.4) is 0 Å². The molecular formula is C12H26N2. The van der Waals surface area contributed by atoms with E-state index in [2.05, 4.69) is 31.1 Å². The minimum Gasteiger partial charge on any atom is -0.316 e. The number of nitrogens with one attached hydrogen (secondary N) is 1. The Kier molecular flexibility index (Phi) is 4.90. The first-order valence-electron chi connectivity index (χ1n) is 6.05. The molecule has 1 heterocycles. The first-order chi connectivity index (χ1) is 6.66. The molecule has 2 nitrogen and oxygen atoms in total. The van der Waals surface area contributed by atoms with Gasteiger partial charge in [-0.3, -0.25) is 0 Å². The Labute approximate surface area is 89.1 Å². The van der Waals surface area contributed by atoms with Crippen LogP contribution in [0.25, 0.3) is 0 Å². The van der Waals surface area contributed by atoms with Crippen LogP contribution in [0.5, 0.6) is 0 Å². The zero-order valence-electron chi connectivity index (χ0n) is 10.1. The van der Waals surface area contributed by atoms with Crippen molar-refractivity contribution in [2.24, 2.45) is 5.41 Å². The maximum Gasteiger partial charge on any atom is 0.00444 e. The number of hydrogen-bond acceptors (Lipinski definition) is 2. The molecule has 0 aromatic rings. The Hall–Kier alpha value is -0.0800. The molecule has 0 saturated carbocycles. The summed E-state index contributed by atoms with van der Waals surface area (Å²) in [5.41, 5.74) is 0.515. The van der Waals surface area contributed by atoms with E-state index in [0.717, 1.165) is 0 Å². The van der Waals surface area contributed by atoms with Crippen LogP contribution in [-0.4, -0.2) is 38.1 Å². The van der Waals surface area contributed by atoms with Gasteiger partial charge >= 0.3 is 0 Å². The van der Waals surface area contributed by atoms with E-state index < -0.39 is 0 Å². The fraction of sp³-hybridized carbons (Fsp3) is 1.00. The van der Waals surface area contributed by atoms with E-state index in [1.807, 2.05) is 0 Å². The van der Waals surface area contributed by atoms with Gasteiger partial charge in [-0.05, 0) is 44.8 Å². The molecule has 2 heteroatoms. The minimum atomic E-state index is 0.515. The molecule has 84 valence electrons. The summed E-state index contributed by atoms with van der Waals surface area (Å²) in [6.45, 7) is 9.60. The first-order valence-corrected chi connectivity index (χ1v) is 6.05. The molecule has 1 aliphatic heterocycles. The quantitative estimate of drug-likeness (QED) is 0.728. The molecule has 0 amide bonds. The van der Waals surface area contributed by atoms with Crippen molar-refractivity contribution in [3.63, 3.8) is 0 Å². The average molecular weight is 198 g/mol. The molecular weight excluding hydrogens is 172 g/mol. The van der Waals surface area contributed by atoms with Crippen LogP contribution in [-0.2, 0) is 0 Å². The lowest BCUT2D eigenvalue weighted by Gasteiger charge is -2.37. The molecule has 1 N–H and O–H groups in total. The minimum absolute atomic E-state index is 0.515. The van der Waals surface area contributed by atoms with E-state index in [1.165, 1.54) is 51.9 Å². The van der Waals surface area contributed by atoms with Crippen molar-refractivity contribution >= 4 is 0 Å². The topological polar surface area (TPSA) is 15.3 Å². The van der Waals surface area contributed by atoms with Crippen LogP contribution in [0.4, 0.5) is 0 Å². The Morgan fingerprint density at radius 2 is 2.21 bits per heavy atom. The maximum absolute atomic E-state index is 3.51. The Balaban J connectivity index is 2.25. The monoisotopic (exact) mass is 198 g/mol. The van der Waals surface area contributed by atoms with Crippen LogP contribution in [0.2, 0.25) is 0 Å². The molecule has 1 rings (SSSR count). The predicted octanol–water partition coefficient (Wildman–Crippen LogP) is 2.11. The molecule has 0 bridgehead atoms. The van der Waals surface area contributed by atoms with Gasteiger partial charge in [0.25, 0.3) is 0 Å². The summed E-state index contributed by atoms with van der Waals surface area (Å²) in [6, 6.07) is 0. The van der Waals surface area contributed by atoms with Gasteiger partial charge in [-0.1, -0.05) is 20.3 Å². The molecule has 14 heavy (non-hydrogen) atoms. The molecule has 0 radical (unpaired) electrons. The third-order valence-corrected chi connectivity index (χ3v) is 3.23. The van der Waals surface area contributed by atoms with E-state index >= 15 is 0 Å². The van der Waals surface area contributed by atoms with Crippen LogP contribution < -0.4 is 5.32 Å². The lowest BCUT2D eigenvalue weighted by atomic mass is 9.82. The van der Waals surface area contributed by atoms with E-state index in [-0.39, 0.29) is 0 Å². The van der Waals surface area contributed by atoms with E-state index in [9.17, 15) is 0 Å². The molecule has 1 atom stereocenters. The smallest absolute Gasteiger partial charge is 0.00444 e. The van der Waals surface area contributed by atoms with Gasteiger partial charge < -0.3 is 10.2 Å². The van der Waals surface area contributed by atoms with E-state index in [1.54, 1.807) is 0 Å². The van der Waals surface area contributed by atoms with Crippen molar-refractivity contribution in [3.05, 3.63) is 0 Å². The number of nitrogens with zero attached hydrogens (tertiary/aromatic N) is 1. The van der Waals surface area contributed by atoms with Gasteiger partial charge in [0.1, 0.15) is 0 Å². The van der Waals surface area contributed by atoms with Crippen molar-refractivity contribution < 1.29 is 0 Å². The fourth-order valence-corrected chi connectivity index (χ4v) is 2.41. The number of piperidine rings is 1. The van der Waals surface area contributed by atoms with Crippen molar-refractivity contribution in [2.75, 3.05) is 33.2 Å². The second kappa shape index (κ2) is 5.72. The molecule has 0 aromatic heterocycles. The lowest BCUT2D eigenvalue weighted by molar-refractivity contribution is 0.152. The molecule has 1 fully saturated rings. The highest BCUT2D eigenvalue weighted by Gasteiger charge is 2.27. The van der Waals surface area contributed by atoms with Crippen molar-refractivity contribution in [3.8, 4) is 0 Å². The maximum atomic E-state index is 3.51. The van der Waals surface area contributed by atoms with Crippen molar-refractivity contribution in [1.29, 1.82) is 0 Å². The molecule has 0 spiro atoms. The summed E-state index contributed by atoms with van der Waals surface area (Å²) in [4.78, 5) is 2.50. The van der Waals surface area contributed by atoms with Crippen molar-refractivity contribution in [1.82, 2.24) is 10.2 Å². The van der Waals surface area contributed by atoms with Crippen LogP contribution in [0, 0.1) is 5.41 Å². The number of rotatable bonds is 5. The lowest BCUT2D eigenvalue weighted by Crippen LogP contribution is -2.45. The molecule has 1 aliphatic rings. The van der Waals surface area contributed by atoms with Gasteiger partial charge in [0, 0.05) is 13.1 Å². The zero-order valence-corrected chi connectivity index (χ0v) is 10.1. The fourth-order valence-electron chi connectivity index (χ4n) is 2.41. The van der Waals surface area contributed by atoms with Crippen molar-refractivity contribution in [2.45, 2.75) is 39.5 Å². The summed E-state index contributed by atoms with van der Waals surface area (Å²) in [5.74, 6) is 0. The summed E-state index contributed by atoms with van der Waals surface area (Å²) >= 11 is 0.